The van der Waals surface area contributed by atoms with Crippen LogP contribution in [0.25, 0.3) is 22.3 Å². The number of likely N-dealkylation sites (N-methyl/N-ethyl adjacent to an activating group) is 1. The lowest BCUT2D eigenvalue weighted by atomic mass is 9.89. The number of phenols is 2. The molecule has 4 rings (SSSR count). The van der Waals surface area contributed by atoms with Gasteiger partial charge in [0.1, 0.15) is 28.2 Å². The fourth-order valence-corrected chi connectivity index (χ4v) is 4.48. The van der Waals surface area contributed by atoms with E-state index in [0.29, 0.717) is 30.6 Å². The Hall–Kier alpha value is -3.14. The van der Waals surface area contributed by atoms with E-state index in [1.807, 2.05) is 6.92 Å². The molecule has 0 spiro atoms. The number of phenolic OH excluding ortho intramolecular Hbond substituents is 2. The number of nitro groups is 1. The highest BCUT2D eigenvalue weighted by atomic mass is 35.5. The zero-order chi connectivity index (χ0) is 22.3. The molecule has 0 aliphatic carbocycles. The van der Waals surface area contributed by atoms with E-state index in [2.05, 4.69) is 4.90 Å². The number of halogens is 1. The van der Waals surface area contributed by atoms with Crippen LogP contribution in [-0.4, -0.2) is 50.9 Å². The Morgan fingerprint density at radius 1 is 1.22 bits per heavy atom. The van der Waals surface area contributed by atoms with Gasteiger partial charge in [-0.2, -0.15) is 0 Å². The summed E-state index contributed by atoms with van der Waals surface area (Å²) in [6, 6.07) is 7.67. The van der Waals surface area contributed by atoms with Gasteiger partial charge in [-0.25, -0.2) is 0 Å². The van der Waals surface area contributed by atoms with Crippen LogP contribution in [0.5, 0.6) is 11.5 Å². The van der Waals surface area contributed by atoms with Gasteiger partial charge in [0.15, 0.2) is 5.43 Å². The topological polar surface area (TPSA) is 137 Å². The summed E-state index contributed by atoms with van der Waals surface area (Å²) in [5.74, 6) is -0.887. The molecule has 0 unspecified atom stereocenters. The van der Waals surface area contributed by atoms with Crippen molar-refractivity contribution in [2.24, 2.45) is 0 Å². The van der Waals surface area contributed by atoms with Gasteiger partial charge in [0.2, 0.25) is 0 Å². The molecule has 0 amide bonds. The van der Waals surface area contributed by atoms with E-state index in [4.69, 9.17) is 4.42 Å². The van der Waals surface area contributed by atoms with Crippen molar-refractivity contribution in [3.8, 4) is 22.8 Å². The quantitative estimate of drug-likeness (QED) is 0.387. The normalized spacial score (nSPS) is 18.6. The van der Waals surface area contributed by atoms with E-state index in [-0.39, 0.29) is 59.1 Å². The van der Waals surface area contributed by atoms with Gasteiger partial charge >= 0.3 is 0 Å². The first kappa shape index (κ1) is 23.5. The largest absolute Gasteiger partial charge is 0.507 e. The first-order valence-electron chi connectivity index (χ1n) is 9.98. The average molecular weight is 463 g/mol. The van der Waals surface area contributed by atoms with Gasteiger partial charge in [0, 0.05) is 47.4 Å². The molecule has 0 saturated carbocycles. The lowest BCUT2D eigenvalue weighted by molar-refractivity contribution is -0.384. The van der Waals surface area contributed by atoms with E-state index in [0.717, 1.165) is 6.07 Å². The maximum Gasteiger partial charge on any atom is 0.270 e. The van der Waals surface area contributed by atoms with Gasteiger partial charge in [0.25, 0.3) is 5.69 Å². The standard InChI is InChI=1S/C22H22N2O7.ClH/c1-2-23-7-6-14(15(23)11-25)20-16(26)9-17(27)21-18(28)10-19(31-22(20)21)12-4-3-5-13(8-12)24(29)30;/h3-5,8-10,14-15,25-27H,2,6-7,11H2,1H3;1H/t14-,15+;/m0./s1. The summed E-state index contributed by atoms with van der Waals surface area (Å²) < 4.78 is 5.99. The van der Waals surface area contributed by atoms with Crippen LogP contribution in [0, 0.1) is 10.1 Å². The van der Waals surface area contributed by atoms with E-state index in [9.17, 15) is 30.2 Å². The highest BCUT2D eigenvalue weighted by Gasteiger charge is 2.37. The lowest BCUT2D eigenvalue weighted by Crippen LogP contribution is -2.35. The molecule has 9 nitrogen and oxygen atoms in total. The van der Waals surface area contributed by atoms with E-state index >= 15 is 0 Å². The number of rotatable bonds is 5. The van der Waals surface area contributed by atoms with E-state index in [1.54, 1.807) is 6.07 Å². The maximum absolute atomic E-state index is 12.9. The Kier molecular flexibility index (Phi) is 6.73. The van der Waals surface area contributed by atoms with Gasteiger partial charge in [0.05, 0.1) is 11.5 Å². The number of nitrogens with zero attached hydrogens (tertiary/aromatic N) is 2. The van der Waals surface area contributed by atoms with Crippen LogP contribution in [0.1, 0.15) is 24.8 Å². The third-order valence-corrected chi connectivity index (χ3v) is 5.96. The molecule has 1 aliphatic rings. The summed E-state index contributed by atoms with van der Waals surface area (Å²) >= 11 is 0. The fourth-order valence-electron chi connectivity index (χ4n) is 4.48. The molecule has 0 radical (unpaired) electrons. The number of nitro benzene ring substituents is 1. The van der Waals surface area contributed by atoms with Gasteiger partial charge in [-0.3, -0.25) is 19.8 Å². The Labute approximate surface area is 189 Å². The van der Waals surface area contributed by atoms with Crippen LogP contribution in [0.15, 0.2) is 45.6 Å². The molecule has 32 heavy (non-hydrogen) atoms. The number of benzene rings is 2. The van der Waals surface area contributed by atoms with Gasteiger partial charge in [-0.05, 0) is 19.5 Å². The Morgan fingerprint density at radius 2 is 1.97 bits per heavy atom. The molecule has 0 bridgehead atoms. The third-order valence-electron chi connectivity index (χ3n) is 5.96. The van der Waals surface area contributed by atoms with Crippen molar-refractivity contribution in [2.75, 3.05) is 19.7 Å². The number of non-ortho nitro benzene ring substituents is 1. The Balaban J connectivity index is 0.00000289. The zero-order valence-corrected chi connectivity index (χ0v) is 18.0. The predicted octanol–water partition coefficient (Wildman–Crippen LogP) is 3.37. The number of aliphatic hydroxyl groups excluding tert-OH is 1. The van der Waals surface area contributed by atoms with Crippen LogP contribution in [0.2, 0.25) is 0 Å². The molecule has 2 heterocycles. The zero-order valence-electron chi connectivity index (χ0n) is 17.2. The number of likely N-dealkylation sites (tertiary alicyclic amines) is 1. The summed E-state index contributed by atoms with van der Waals surface area (Å²) in [5, 5.41) is 42.0. The van der Waals surface area contributed by atoms with Crippen molar-refractivity contribution < 1.29 is 24.7 Å². The van der Waals surface area contributed by atoms with Gasteiger partial charge < -0.3 is 19.7 Å². The molecule has 3 aromatic rings. The second-order valence-corrected chi connectivity index (χ2v) is 7.59. The molecule has 1 saturated heterocycles. The minimum absolute atomic E-state index is 0. The van der Waals surface area contributed by atoms with Crippen LogP contribution in [0.4, 0.5) is 5.69 Å². The van der Waals surface area contributed by atoms with E-state index in [1.165, 1.54) is 24.3 Å². The number of aromatic hydroxyl groups is 2. The minimum atomic E-state index is -0.546. The first-order chi connectivity index (χ1) is 14.8. The number of fused-ring (bicyclic) bond motifs is 1. The molecule has 170 valence electrons. The minimum Gasteiger partial charge on any atom is -0.507 e. The van der Waals surface area contributed by atoms with Crippen molar-refractivity contribution >= 4 is 29.1 Å². The highest BCUT2D eigenvalue weighted by Crippen LogP contribution is 2.44. The summed E-state index contributed by atoms with van der Waals surface area (Å²) in [4.78, 5) is 25.5. The molecule has 10 heteroatoms. The second kappa shape index (κ2) is 9.15. The summed E-state index contributed by atoms with van der Waals surface area (Å²) in [5.41, 5.74) is -0.0104. The smallest absolute Gasteiger partial charge is 0.270 e. The Bertz CT molecular complexity index is 1230. The predicted molar refractivity (Wildman–Crippen MR) is 121 cm³/mol. The first-order valence-corrected chi connectivity index (χ1v) is 9.98. The molecule has 1 aliphatic heterocycles. The van der Waals surface area contributed by atoms with Crippen LogP contribution in [0.3, 0.4) is 0 Å². The van der Waals surface area contributed by atoms with Crippen molar-refractivity contribution in [2.45, 2.75) is 25.3 Å². The molecular weight excluding hydrogens is 440 g/mol. The molecule has 1 aromatic heterocycles. The fraction of sp³-hybridized carbons (Fsp3) is 0.318. The second-order valence-electron chi connectivity index (χ2n) is 7.59. The molecule has 2 atom stereocenters. The van der Waals surface area contributed by atoms with Crippen molar-refractivity contribution in [1.82, 2.24) is 4.90 Å². The molecule has 3 N–H and O–H groups in total. The average Bonchev–Trinajstić information content (AvgIpc) is 3.15. The molecule has 1 fully saturated rings. The summed E-state index contributed by atoms with van der Waals surface area (Å²) in [6.45, 7) is 3.24. The summed E-state index contributed by atoms with van der Waals surface area (Å²) in [6.07, 6.45) is 0.622. The van der Waals surface area contributed by atoms with Crippen molar-refractivity contribution in [1.29, 1.82) is 0 Å². The van der Waals surface area contributed by atoms with Crippen LogP contribution in [-0.2, 0) is 0 Å². The van der Waals surface area contributed by atoms with Gasteiger partial charge in [-0.15, -0.1) is 12.4 Å². The summed E-state index contributed by atoms with van der Waals surface area (Å²) in [7, 11) is 0. The third kappa shape index (κ3) is 3.90. The molecular formula is C22H23ClN2O7. The highest BCUT2D eigenvalue weighted by molar-refractivity contribution is 5.90. The van der Waals surface area contributed by atoms with Crippen LogP contribution >= 0.6 is 12.4 Å². The monoisotopic (exact) mass is 462 g/mol. The van der Waals surface area contributed by atoms with Crippen molar-refractivity contribution in [3.05, 3.63) is 62.3 Å². The maximum atomic E-state index is 12.9. The van der Waals surface area contributed by atoms with E-state index < -0.39 is 16.1 Å². The van der Waals surface area contributed by atoms with Gasteiger partial charge in [-0.1, -0.05) is 19.1 Å². The van der Waals surface area contributed by atoms with Crippen LogP contribution < -0.4 is 5.43 Å². The number of hydrogen-bond donors (Lipinski definition) is 3. The molecule has 2 aromatic carbocycles. The number of hydrogen-bond acceptors (Lipinski definition) is 8. The lowest BCUT2D eigenvalue weighted by Gasteiger charge is -2.26. The van der Waals surface area contributed by atoms with Crippen molar-refractivity contribution in [3.63, 3.8) is 0 Å². The SMILES string of the molecule is CCN1CC[C@H](c2c(O)cc(O)c3c(=O)cc(-c4cccc([N+](=O)[O-])c4)oc23)[C@H]1CO.Cl. The Morgan fingerprint density at radius 3 is 2.62 bits per heavy atom. The number of aliphatic hydroxyl groups is 1.